The number of benzene rings is 2. The number of anilines is 1. The number of carbonyl (C=O) groups excluding carboxylic acids is 1. The molecule has 0 N–H and O–H groups in total. The molecule has 158 valence electrons. The van der Waals surface area contributed by atoms with Crippen LogP contribution in [0, 0.1) is 6.92 Å². The number of thiazole rings is 1. The van der Waals surface area contributed by atoms with Gasteiger partial charge in [-0.25, -0.2) is 4.98 Å². The molecule has 2 aromatic heterocycles. The summed E-state index contributed by atoms with van der Waals surface area (Å²) in [5.41, 5.74) is 2.99. The van der Waals surface area contributed by atoms with E-state index in [0.29, 0.717) is 22.9 Å². The zero-order valence-electron chi connectivity index (χ0n) is 17.5. The fraction of sp³-hybridized carbons (Fsp3) is 0.292. The maximum Gasteiger partial charge on any atom is 0.262 e. The molecule has 0 aliphatic carbocycles. The summed E-state index contributed by atoms with van der Waals surface area (Å²) in [6, 6.07) is 15.5. The van der Waals surface area contributed by atoms with Gasteiger partial charge in [-0.05, 0) is 56.2 Å². The molecule has 7 heteroatoms. The van der Waals surface area contributed by atoms with E-state index in [1.54, 1.807) is 12.0 Å². The number of rotatable bonds is 5. The number of pyridine rings is 1. The smallest absolute Gasteiger partial charge is 0.262 e. The van der Waals surface area contributed by atoms with Crippen LogP contribution in [0.3, 0.4) is 0 Å². The lowest BCUT2D eigenvalue weighted by atomic mass is 10.1. The van der Waals surface area contributed by atoms with Crippen molar-refractivity contribution in [3.05, 3.63) is 59.8 Å². The van der Waals surface area contributed by atoms with E-state index in [4.69, 9.17) is 14.5 Å². The van der Waals surface area contributed by atoms with Crippen molar-refractivity contribution in [1.29, 1.82) is 0 Å². The van der Waals surface area contributed by atoms with Crippen LogP contribution in [-0.4, -0.2) is 42.2 Å². The molecule has 0 saturated carbocycles. The lowest BCUT2D eigenvalue weighted by molar-refractivity contribution is 0.0916. The second-order valence-corrected chi connectivity index (χ2v) is 8.70. The van der Waals surface area contributed by atoms with E-state index in [1.165, 1.54) is 11.3 Å². The molecule has 5 rings (SSSR count). The molecule has 0 spiro atoms. The fourth-order valence-corrected chi connectivity index (χ4v) is 4.93. The van der Waals surface area contributed by atoms with Gasteiger partial charge in [0.1, 0.15) is 5.75 Å². The number of hydrogen-bond donors (Lipinski definition) is 0. The monoisotopic (exact) mass is 433 g/mol. The molecule has 0 bridgehead atoms. The van der Waals surface area contributed by atoms with Crippen LogP contribution >= 0.6 is 11.3 Å². The molecule has 31 heavy (non-hydrogen) atoms. The number of para-hydroxylation sites is 1. The number of hydrogen-bond acceptors (Lipinski definition) is 6. The van der Waals surface area contributed by atoms with Crippen LogP contribution in [0.4, 0.5) is 5.13 Å². The summed E-state index contributed by atoms with van der Waals surface area (Å²) in [6.07, 6.45) is 1.98. The second-order valence-electron chi connectivity index (χ2n) is 7.69. The highest BCUT2D eigenvalue weighted by Gasteiger charge is 2.28. The number of ether oxygens (including phenoxy) is 2. The standard InChI is InChI=1S/C24H23N3O3S/c1-15-19(13-16-12-17(29-2)9-10-20(16)25-15)23(28)27(14-18-6-5-11-30-18)24-26-21-7-3-4-8-22(21)31-24/h3-4,7-10,12-13,18H,5-6,11,14H2,1-2H3/t18-/m1/s1. The molecular weight excluding hydrogens is 410 g/mol. The van der Waals surface area contributed by atoms with E-state index in [9.17, 15) is 4.79 Å². The second kappa shape index (κ2) is 8.24. The topological polar surface area (TPSA) is 64.5 Å². The molecule has 2 aromatic carbocycles. The number of carbonyl (C=O) groups is 1. The van der Waals surface area contributed by atoms with Crippen LogP contribution in [-0.2, 0) is 4.74 Å². The first-order chi connectivity index (χ1) is 15.1. The van der Waals surface area contributed by atoms with Gasteiger partial charge < -0.3 is 9.47 Å². The number of aryl methyl sites for hydroxylation is 1. The highest BCUT2D eigenvalue weighted by Crippen LogP contribution is 2.32. The molecule has 1 saturated heterocycles. The summed E-state index contributed by atoms with van der Waals surface area (Å²) in [6.45, 7) is 3.09. The minimum absolute atomic E-state index is 0.0183. The van der Waals surface area contributed by atoms with Crippen LogP contribution in [0.25, 0.3) is 21.1 Å². The Morgan fingerprint density at radius 3 is 2.84 bits per heavy atom. The minimum atomic E-state index is -0.107. The first-order valence-corrected chi connectivity index (χ1v) is 11.2. The molecule has 4 aromatic rings. The summed E-state index contributed by atoms with van der Waals surface area (Å²) >= 11 is 1.53. The fourth-order valence-electron chi connectivity index (χ4n) is 3.96. The van der Waals surface area contributed by atoms with Gasteiger partial charge in [0.25, 0.3) is 5.91 Å². The third-order valence-corrected chi connectivity index (χ3v) is 6.67. The Morgan fingerprint density at radius 2 is 2.06 bits per heavy atom. The van der Waals surface area contributed by atoms with Crippen LogP contribution in [0.2, 0.25) is 0 Å². The zero-order chi connectivity index (χ0) is 21.4. The lowest BCUT2D eigenvalue weighted by Gasteiger charge is -2.23. The number of nitrogens with zero attached hydrogens (tertiary/aromatic N) is 3. The maximum atomic E-state index is 13.8. The van der Waals surface area contributed by atoms with Crippen molar-refractivity contribution in [2.45, 2.75) is 25.9 Å². The van der Waals surface area contributed by atoms with Gasteiger partial charge >= 0.3 is 0 Å². The minimum Gasteiger partial charge on any atom is -0.497 e. The Labute approximate surface area is 184 Å². The molecule has 1 aliphatic heterocycles. The van der Waals surface area contributed by atoms with E-state index < -0.39 is 0 Å². The summed E-state index contributed by atoms with van der Waals surface area (Å²) < 4.78 is 12.2. The molecule has 0 unspecified atom stereocenters. The largest absolute Gasteiger partial charge is 0.497 e. The number of aromatic nitrogens is 2. The summed E-state index contributed by atoms with van der Waals surface area (Å²) in [7, 11) is 1.63. The van der Waals surface area contributed by atoms with Crippen molar-refractivity contribution in [3.63, 3.8) is 0 Å². The maximum absolute atomic E-state index is 13.8. The quantitative estimate of drug-likeness (QED) is 0.444. The first kappa shape index (κ1) is 19.9. The Hall–Kier alpha value is -3.03. The molecule has 6 nitrogen and oxygen atoms in total. The van der Waals surface area contributed by atoms with Crippen molar-refractivity contribution in [2.24, 2.45) is 0 Å². The highest BCUT2D eigenvalue weighted by atomic mass is 32.1. The normalized spacial score (nSPS) is 16.1. The SMILES string of the molecule is COc1ccc2nc(C)c(C(=O)N(C[C@H]3CCCO3)c3nc4ccccc4s3)cc2c1. The number of methoxy groups -OCH3 is 1. The van der Waals surface area contributed by atoms with Gasteiger partial charge in [-0.3, -0.25) is 14.7 Å². The van der Waals surface area contributed by atoms with Gasteiger partial charge in [0.2, 0.25) is 0 Å². The molecule has 1 atom stereocenters. The van der Waals surface area contributed by atoms with E-state index in [-0.39, 0.29) is 12.0 Å². The van der Waals surface area contributed by atoms with Crippen molar-refractivity contribution < 1.29 is 14.3 Å². The van der Waals surface area contributed by atoms with Crippen LogP contribution in [0.15, 0.2) is 48.5 Å². The number of fused-ring (bicyclic) bond motifs is 2. The summed E-state index contributed by atoms with van der Waals surface area (Å²) in [5.74, 6) is 0.628. The summed E-state index contributed by atoms with van der Waals surface area (Å²) in [5, 5.41) is 1.56. The van der Waals surface area contributed by atoms with E-state index in [0.717, 1.165) is 46.3 Å². The molecule has 3 heterocycles. The molecule has 1 fully saturated rings. The molecule has 1 amide bonds. The Kier molecular flexibility index (Phi) is 5.29. The average Bonchev–Trinajstić information content (AvgIpc) is 3.45. The van der Waals surface area contributed by atoms with E-state index >= 15 is 0 Å². The van der Waals surface area contributed by atoms with Crippen molar-refractivity contribution in [3.8, 4) is 5.75 Å². The Bertz CT molecular complexity index is 1230. The van der Waals surface area contributed by atoms with Gasteiger partial charge in [0, 0.05) is 12.0 Å². The van der Waals surface area contributed by atoms with Crippen molar-refractivity contribution >= 4 is 43.5 Å². The van der Waals surface area contributed by atoms with Crippen LogP contribution < -0.4 is 9.64 Å². The number of amides is 1. The first-order valence-electron chi connectivity index (χ1n) is 10.4. The van der Waals surface area contributed by atoms with Crippen LogP contribution in [0.1, 0.15) is 28.9 Å². The summed E-state index contributed by atoms with van der Waals surface area (Å²) in [4.78, 5) is 25.0. The third-order valence-electron chi connectivity index (χ3n) is 5.61. The molecule has 0 radical (unpaired) electrons. The van der Waals surface area contributed by atoms with Crippen molar-refractivity contribution in [1.82, 2.24) is 9.97 Å². The molecule has 1 aliphatic rings. The van der Waals surface area contributed by atoms with Crippen molar-refractivity contribution in [2.75, 3.05) is 25.2 Å². The predicted octanol–water partition coefficient (Wildman–Crippen LogP) is 4.99. The highest BCUT2D eigenvalue weighted by molar-refractivity contribution is 7.22. The van der Waals surface area contributed by atoms with E-state index in [1.807, 2.05) is 55.5 Å². The van der Waals surface area contributed by atoms with Gasteiger partial charge in [0.15, 0.2) is 5.13 Å². The Balaban J connectivity index is 1.57. The third kappa shape index (κ3) is 3.86. The predicted molar refractivity (Wildman–Crippen MR) is 123 cm³/mol. The average molecular weight is 434 g/mol. The van der Waals surface area contributed by atoms with Crippen LogP contribution in [0.5, 0.6) is 5.75 Å². The Morgan fingerprint density at radius 1 is 1.19 bits per heavy atom. The molecular formula is C24H23N3O3S. The van der Waals surface area contributed by atoms with E-state index in [2.05, 4.69) is 4.98 Å². The zero-order valence-corrected chi connectivity index (χ0v) is 18.3. The van der Waals surface area contributed by atoms with Gasteiger partial charge in [-0.1, -0.05) is 23.5 Å². The van der Waals surface area contributed by atoms with Gasteiger partial charge in [-0.2, -0.15) is 0 Å². The lowest BCUT2D eigenvalue weighted by Crippen LogP contribution is -2.38. The van der Waals surface area contributed by atoms with Gasteiger partial charge in [-0.15, -0.1) is 0 Å². The van der Waals surface area contributed by atoms with Gasteiger partial charge in [0.05, 0.1) is 46.7 Å².